The van der Waals surface area contributed by atoms with Gasteiger partial charge in [-0.1, -0.05) is 28.9 Å². The smallest absolute Gasteiger partial charge is 0.334 e. The summed E-state index contributed by atoms with van der Waals surface area (Å²) in [6.07, 6.45) is -1.02. The molecule has 1 aromatic heterocycles. The largest absolute Gasteiger partial charge is 0.479 e. The molecule has 0 saturated carbocycles. The van der Waals surface area contributed by atoms with Crippen molar-refractivity contribution in [3.63, 3.8) is 0 Å². The van der Waals surface area contributed by atoms with Crippen molar-refractivity contribution >= 4 is 23.5 Å². The molecule has 0 aliphatic carbocycles. The topological polar surface area (TPSA) is 92.9 Å². The Morgan fingerprint density at radius 3 is 2.91 bits per heavy atom. The highest BCUT2D eigenvalue weighted by Gasteiger charge is 2.31. The molecule has 0 unspecified atom stereocenters. The summed E-state index contributed by atoms with van der Waals surface area (Å²) in [6.45, 7) is 0.440. The Morgan fingerprint density at radius 1 is 1.35 bits per heavy atom. The van der Waals surface area contributed by atoms with Crippen molar-refractivity contribution in [1.82, 2.24) is 10.1 Å². The molecule has 1 saturated heterocycles. The van der Waals surface area contributed by atoms with E-state index in [2.05, 4.69) is 5.16 Å². The maximum Gasteiger partial charge on any atom is 0.334 e. The summed E-state index contributed by atoms with van der Waals surface area (Å²) >= 11 is 5.93. The molecular formula is C15H13ClN2O5. The number of rotatable bonds is 3. The van der Waals surface area contributed by atoms with Crippen LogP contribution in [0.2, 0.25) is 5.02 Å². The third-order valence-electron chi connectivity index (χ3n) is 3.47. The van der Waals surface area contributed by atoms with Gasteiger partial charge < -0.3 is 19.3 Å². The molecular weight excluding hydrogens is 324 g/mol. The number of nitrogens with zero attached hydrogens (tertiary/aromatic N) is 2. The average molecular weight is 337 g/mol. The minimum absolute atomic E-state index is 0.0264. The summed E-state index contributed by atoms with van der Waals surface area (Å²) in [7, 11) is 0. The lowest BCUT2D eigenvalue weighted by atomic mass is 10.1. The zero-order chi connectivity index (χ0) is 16.4. The van der Waals surface area contributed by atoms with E-state index in [0.717, 1.165) is 5.56 Å². The number of amides is 1. The van der Waals surface area contributed by atoms with E-state index in [0.29, 0.717) is 17.3 Å². The number of aliphatic carboxylic acids is 1. The predicted molar refractivity (Wildman–Crippen MR) is 80.2 cm³/mol. The Morgan fingerprint density at radius 2 is 2.17 bits per heavy atom. The minimum atomic E-state index is -1.10. The first-order chi connectivity index (χ1) is 11.0. The number of aromatic nitrogens is 1. The standard InChI is InChI=1S/C15H13ClN2O5/c16-10-3-1-2-9(6-10)11-7-12(23-17-11)14(19)18-4-5-22-13(8-18)15(20)21/h1-3,6-7,13H,4-5,8H2,(H,20,21)/t13-/m0/s1. The van der Waals surface area contributed by atoms with Gasteiger partial charge in [-0.05, 0) is 12.1 Å². The lowest BCUT2D eigenvalue weighted by molar-refractivity contribution is -0.154. The molecule has 1 atom stereocenters. The molecule has 1 N–H and O–H groups in total. The summed E-state index contributed by atoms with van der Waals surface area (Å²) in [4.78, 5) is 24.7. The highest BCUT2D eigenvalue weighted by Crippen LogP contribution is 2.23. The van der Waals surface area contributed by atoms with Crippen molar-refractivity contribution < 1.29 is 24.0 Å². The lowest BCUT2D eigenvalue weighted by Gasteiger charge is -2.29. The van der Waals surface area contributed by atoms with Crippen LogP contribution in [0.3, 0.4) is 0 Å². The Bertz CT molecular complexity index is 745. The summed E-state index contributed by atoms with van der Waals surface area (Å²) in [5.74, 6) is -1.47. The van der Waals surface area contributed by atoms with Crippen LogP contribution in [0.15, 0.2) is 34.9 Å². The van der Waals surface area contributed by atoms with Crippen LogP contribution >= 0.6 is 11.6 Å². The first kappa shape index (κ1) is 15.5. The van der Waals surface area contributed by atoms with Crippen LogP contribution in [0, 0.1) is 0 Å². The first-order valence-corrected chi connectivity index (χ1v) is 7.29. The number of carbonyl (C=O) groups excluding carboxylic acids is 1. The van der Waals surface area contributed by atoms with Crippen molar-refractivity contribution in [2.45, 2.75) is 6.10 Å². The SMILES string of the molecule is O=C(O)[C@@H]1CN(C(=O)c2cc(-c3cccc(Cl)c3)no2)CCO1. The normalized spacial score (nSPS) is 18.0. The first-order valence-electron chi connectivity index (χ1n) is 6.91. The van der Waals surface area contributed by atoms with Gasteiger partial charge in [0.05, 0.1) is 13.2 Å². The van der Waals surface area contributed by atoms with Crippen molar-refractivity contribution in [3.8, 4) is 11.3 Å². The molecule has 7 nitrogen and oxygen atoms in total. The molecule has 0 bridgehead atoms. The molecule has 2 aromatic rings. The molecule has 1 aromatic carbocycles. The van der Waals surface area contributed by atoms with Gasteiger partial charge in [-0.25, -0.2) is 4.79 Å². The Hall–Kier alpha value is -2.38. The van der Waals surface area contributed by atoms with Crippen LogP contribution in [0.5, 0.6) is 0 Å². The van der Waals surface area contributed by atoms with Crippen LogP contribution in [-0.2, 0) is 9.53 Å². The monoisotopic (exact) mass is 336 g/mol. The number of hydrogen-bond acceptors (Lipinski definition) is 5. The van der Waals surface area contributed by atoms with Gasteiger partial charge in [-0.3, -0.25) is 4.79 Å². The molecule has 1 aliphatic heterocycles. The van der Waals surface area contributed by atoms with Crippen molar-refractivity contribution in [2.75, 3.05) is 19.7 Å². The average Bonchev–Trinajstić information content (AvgIpc) is 3.04. The van der Waals surface area contributed by atoms with Gasteiger partial charge in [0.15, 0.2) is 6.10 Å². The van der Waals surface area contributed by atoms with Gasteiger partial charge in [0, 0.05) is 23.2 Å². The van der Waals surface area contributed by atoms with Crippen LogP contribution in [0.4, 0.5) is 0 Å². The van der Waals surface area contributed by atoms with E-state index in [1.807, 2.05) is 0 Å². The maximum absolute atomic E-state index is 12.4. The van der Waals surface area contributed by atoms with Crippen LogP contribution in [0.1, 0.15) is 10.6 Å². The zero-order valence-corrected chi connectivity index (χ0v) is 12.7. The van der Waals surface area contributed by atoms with E-state index < -0.39 is 18.0 Å². The quantitative estimate of drug-likeness (QED) is 0.920. The highest BCUT2D eigenvalue weighted by molar-refractivity contribution is 6.30. The lowest BCUT2D eigenvalue weighted by Crippen LogP contribution is -2.48. The van der Waals surface area contributed by atoms with E-state index in [9.17, 15) is 9.59 Å². The number of carboxylic acid groups (broad SMARTS) is 1. The molecule has 3 rings (SSSR count). The van der Waals surface area contributed by atoms with Gasteiger partial charge in [0.1, 0.15) is 5.69 Å². The molecule has 120 valence electrons. The van der Waals surface area contributed by atoms with E-state index in [-0.39, 0.29) is 18.9 Å². The van der Waals surface area contributed by atoms with Gasteiger partial charge in [0.25, 0.3) is 5.91 Å². The van der Waals surface area contributed by atoms with Crippen LogP contribution < -0.4 is 0 Å². The molecule has 8 heteroatoms. The van der Waals surface area contributed by atoms with Crippen molar-refractivity contribution in [1.29, 1.82) is 0 Å². The number of morpholine rings is 1. The Kier molecular flexibility index (Phi) is 4.31. The number of ether oxygens (including phenoxy) is 1. The highest BCUT2D eigenvalue weighted by atomic mass is 35.5. The minimum Gasteiger partial charge on any atom is -0.479 e. The van der Waals surface area contributed by atoms with E-state index in [1.165, 1.54) is 11.0 Å². The maximum atomic E-state index is 12.4. The van der Waals surface area contributed by atoms with Gasteiger partial charge in [-0.2, -0.15) is 0 Å². The van der Waals surface area contributed by atoms with Crippen LogP contribution in [0.25, 0.3) is 11.3 Å². The van der Waals surface area contributed by atoms with E-state index in [1.54, 1.807) is 24.3 Å². The van der Waals surface area contributed by atoms with Crippen LogP contribution in [-0.4, -0.2) is 52.8 Å². The van der Waals surface area contributed by atoms with Gasteiger partial charge in [-0.15, -0.1) is 0 Å². The summed E-state index contributed by atoms with van der Waals surface area (Å²) < 4.78 is 10.2. The molecule has 1 amide bonds. The second-order valence-electron chi connectivity index (χ2n) is 5.04. The number of halogens is 1. The molecule has 1 aliphatic rings. The van der Waals surface area contributed by atoms with Gasteiger partial charge >= 0.3 is 5.97 Å². The number of hydrogen-bond donors (Lipinski definition) is 1. The van der Waals surface area contributed by atoms with Crippen molar-refractivity contribution in [2.24, 2.45) is 0 Å². The fourth-order valence-electron chi connectivity index (χ4n) is 2.30. The Balaban J connectivity index is 1.77. The zero-order valence-electron chi connectivity index (χ0n) is 11.9. The number of benzene rings is 1. The predicted octanol–water partition coefficient (Wildman–Crippen LogP) is 1.92. The number of carbonyl (C=O) groups is 2. The molecule has 0 spiro atoms. The molecule has 1 fully saturated rings. The summed E-state index contributed by atoms with van der Waals surface area (Å²) in [5, 5.41) is 13.4. The van der Waals surface area contributed by atoms with Gasteiger partial charge in [0.2, 0.25) is 5.76 Å². The molecule has 0 radical (unpaired) electrons. The van der Waals surface area contributed by atoms with E-state index >= 15 is 0 Å². The third-order valence-corrected chi connectivity index (χ3v) is 3.71. The second kappa shape index (κ2) is 6.39. The van der Waals surface area contributed by atoms with Crippen molar-refractivity contribution in [3.05, 3.63) is 41.1 Å². The number of carboxylic acids is 1. The molecule has 2 heterocycles. The Labute approximate surface area is 136 Å². The van der Waals surface area contributed by atoms with E-state index in [4.69, 9.17) is 26.0 Å². The molecule has 23 heavy (non-hydrogen) atoms. The fourth-order valence-corrected chi connectivity index (χ4v) is 2.49. The summed E-state index contributed by atoms with van der Waals surface area (Å²) in [6, 6.07) is 8.53. The third kappa shape index (κ3) is 3.35. The fraction of sp³-hybridized carbons (Fsp3) is 0.267. The summed E-state index contributed by atoms with van der Waals surface area (Å²) in [5.41, 5.74) is 1.21. The second-order valence-corrected chi connectivity index (χ2v) is 5.47.